The van der Waals surface area contributed by atoms with Gasteiger partial charge in [-0.15, -0.1) is 0 Å². The second-order valence-corrected chi connectivity index (χ2v) is 5.72. The standard InChI is InChI=1S/C16H15N5/c1-2-7-14-11(4-1)8-9-20(14)15-12-5-3-6-13(12)19-16-17-10-18-21(15)16/h1-2,4,7,10H,3,5-6,8-9H2. The molecule has 5 heteroatoms. The fourth-order valence-corrected chi connectivity index (χ4v) is 3.64. The van der Waals surface area contributed by atoms with E-state index in [1.807, 2.05) is 4.52 Å². The third kappa shape index (κ3) is 1.48. The van der Waals surface area contributed by atoms with Gasteiger partial charge in [0.1, 0.15) is 12.1 Å². The van der Waals surface area contributed by atoms with Gasteiger partial charge in [-0.1, -0.05) is 18.2 Å². The maximum atomic E-state index is 4.67. The van der Waals surface area contributed by atoms with Crippen molar-refractivity contribution in [1.29, 1.82) is 0 Å². The van der Waals surface area contributed by atoms with Crippen molar-refractivity contribution in [3.05, 3.63) is 47.4 Å². The molecule has 0 saturated heterocycles. The normalized spacial score (nSPS) is 16.5. The fourth-order valence-electron chi connectivity index (χ4n) is 3.64. The lowest BCUT2D eigenvalue weighted by molar-refractivity contribution is 0.859. The van der Waals surface area contributed by atoms with Crippen molar-refractivity contribution in [3.8, 4) is 0 Å². The predicted octanol–water partition coefficient (Wildman–Crippen LogP) is 2.31. The van der Waals surface area contributed by atoms with Crippen molar-refractivity contribution < 1.29 is 0 Å². The van der Waals surface area contributed by atoms with E-state index in [9.17, 15) is 0 Å². The van der Waals surface area contributed by atoms with Gasteiger partial charge in [-0.2, -0.15) is 14.6 Å². The monoisotopic (exact) mass is 277 g/mol. The van der Waals surface area contributed by atoms with E-state index in [1.165, 1.54) is 34.7 Å². The van der Waals surface area contributed by atoms with Crippen LogP contribution >= 0.6 is 0 Å². The van der Waals surface area contributed by atoms with Crippen LogP contribution in [0.15, 0.2) is 30.6 Å². The van der Waals surface area contributed by atoms with Crippen LogP contribution in [-0.4, -0.2) is 26.1 Å². The van der Waals surface area contributed by atoms with E-state index in [-0.39, 0.29) is 0 Å². The van der Waals surface area contributed by atoms with E-state index in [0.717, 1.165) is 31.6 Å². The Morgan fingerprint density at radius 1 is 1.05 bits per heavy atom. The summed E-state index contributed by atoms with van der Waals surface area (Å²) in [5.74, 6) is 1.89. The molecule has 5 nitrogen and oxygen atoms in total. The largest absolute Gasteiger partial charge is 0.325 e. The number of anilines is 2. The average Bonchev–Trinajstić information content (AvgIpc) is 3.23. The molecule has 5 rings (SSSR count). The second kappa shape index (κ2) is 4.04. The van der Waals surface area contributed by atoms with Crippen molar-refractivity contribution in [3.63, 3.8) is 0 Å². The van der Waals surface area contributed by atoms with Crippen LogP contribution in [0.3, 0.4) is 0 Å². The van der Waals surface area contributed by atoms with Gasteiger partial charge in [0.2, 0.25) is 0 Å². The SMILES string of the molecule is c1ccc2c(c1)CCN2c1c2c(nc3ncnn13)CCC2. The third-order valence-electron chi connectivity index (χ3n) is 4.57. The lowest BCUT2D eigenvalue weighted by atomic mass is 10.2. The van der Waals surface area contributed by atoms with Crippen LogP contribution in [0.4, 0.5) is 11.5 Å². The zero-order valence-electron chi connectivity index (χ0n) is 11.7. The summed E-state index contributed by atoms with van der Waals surface area (Å²) in [7, 11) is 0. The molecule has 0 unspecified atom stereocenters. The molecule has 2 aromatic heterocycles. The Labute approximate surface area is 122 Å². The number of aromatic nitrogens is 4. The first-order valence-electron chi connectivity index (χ1n) is 7.49. The number of para-hydroxylation sites is 1. The second-order valence-electron chi connectivity index (χ2n) is 5.72. The summed E-state index contributed by atoms with van der Waals surface area (Å²) >= 11 is 0. The predicted molar refractivity (Wildman–Crippen MR) is 80.0 cm³/mol. The number of aryl methyl sites for hydroxylation is 1. The van der Waals surface area contributed by atoms with E-state index in [0.29, 0.717) is 0 Å². The molecule has 3 aromatic rings. The third-order valence-corrected chi connectivity index (χ3v) is 4.57. The molecule has 2 aliphatic rings. The van der Waals surface area contributed by atoms with Gasteiger partial charge in [-0.25, -0.2) is 4.98 Å². The number of rotatable bonds is 1. The maximum Gasteiger partial charge on any atom is 0.254 e. The molecule has 0 saturated carbocycles. The Morgan fingerprint density at radius 2 is 2.00 bits per heavy atom. The van der Waals surface area contributed by atoms with Crippen LogP contribution in [-0.2, 0) is 19.3 Å². The fraction of sp³-hybridized carbons (Fsp3) is 0.312. The maximum absolute atomic E-state index is 4.67. The Balaban J connectivity index is 1.80. The quantitative estimate of drug-likeness (QED) is 0.685. The molecule has 0 amide bonds. The Bertz CT molecular complexity index is 851. The highest BCUT2D eigenvalue weighted by Crippen LogP contribution is 2.38. The topological polar surface area (TPSA) is 46.3 Å². The molecule has 3 heterocycles. The summed E-state index contributed by atoms with van der Waals surface area (Å²) in [6, 6.07) is 8.64. The molecule has 1 aliphatic carbocycles. The molecule has 0 spiro atoms. The zero-order chi connectivity index (χ0) is 13.8. The molecule has 0 N–H and O–H groups in total. The van der Waals surface area contributed by atoms with Crippen molar-refractivity contribution >= 4 is 17.3 Å². The van der Waals surface area contributed by atoms with Gasteiger partial charge in [-0.05, 0) is 37.3 Å². The summed E-state index contributed by atoms with van der Waals surface area (Å²) in [4.78, 5) is 11.4. The first-order valence-corrected chi connectivity index (χ1v) is 7.49. The van der Waals surface area contributed by atoms with E-state index >= 15 is 0 Å². The first kappa shape index (κ1) is 11.3. The highest BCUT2D eigenvalue weighted by molar-refractivity contribution is 5.71. The molecular weight excluding hydrogens is 262 g/mol. The number of hydrogen-bond acceptors (Lipinski definition) is 4. The van der Waals surface area contributed by atoms with E-state index in [4.69, 9.17) is 0 Å². The van der Waals surface area contributed by atoms with Crippen LogP contribution in [0, 0.1) is 0 Å². The summed E-state index contributed by atoms with van der Waals surface area (Å²) in [5.41, 5.74) is 5.27. The Kier molecular flexibility index (Phi) is 2.16. The van der Waals surface area contributed by atoms with Crippen molar-refractivity contribution in [2.24, 2.45) is 0 Å². The summed E-state index contributed by atoms with van der Waals surface area (Å²) < 4.78 is 1.91. The van der Waals surface area contributed by atoms with Gasteiger partial charge in [0.05, 0.1) is 5.69 Å². The number of benzene rings is 1. The number of hydrogen-bond donors (Lipinski definition) is 0. The first-order chi connectivity index (χ1) is 10.4. The Morgan fingerprint density at radius 3 is 3.00 bits per heavy atom. The van der Waals surface area contributed by atoms with Gasteiger partial charge >= 0.3 is 0 Å². The molecule has 0 atom stereocenters. The summed E-state index contributed by atoms with van der Waals surface area (Å²) in [6.07, 6.45) is 6.01. The minimum absolute atomic E-state index is 0.718. The average molecular weight is 277 g/mol. The highest BCUT2D eigenvalue weighted by atomic mass is 15.4. The van der Waals surface area contributed by atoms with Crippen molar-refractivity contribution in [1.82, 2.24) is 19.6 Å². The molecule has 104 valence electrons. The smallest absolute Gasteiger partial charge is 0.254 e. The van der Waals surface area contributed by atoms with Crippen molar-refractivity contribution in [2.45, 2.75) is 25.7 Å². The summed E-state index contributed by atoms with van der Waals surface area (Å²) in [6.45, 7) is 1.00. The molecule has 1 aromatic carbocycles. The van der Waals surface area contributed by atoms with E-state index in [1.54, 1.807) is 6.33 Å². The van der Waals surface area contributed by atoms with Crippen LogP contribution in [0.25, 0.3) is 5.78 Å². The van der Waals surface area contributed by atoms with Gasteiger partial charge in [0, 0.05) is 17.8 Å². The van der Waals surface area contributed by atoms with Gasteiger partial charge in [0.25, 0.3) is 5.78 Å². The van der Waals surface area contributed by atoms with Gasteiger partial charge in [-0.3, -0.25) is 0 Å². The summed E-state index contributed by atoms with van der Waals surface area (Å²) in [5, 5.41) is 4.42. The lowest BCUT2D eigenvalue weighted by Crippen LogP contribution is -2.20. The van der Waals surface area contributed by atoms with Crippen LogP contribution in [0.2, 0.25) is 0 Å². The van der Waals surface area contributed by atoms with E-state index in [2.05, 4.69) is 44.2 Å². The number of nitrogens with zero attached hydrogens (tertiary/aromatic N) is 5. The zero-order valence-corrected chi connectivity index (χ0v) is 11.7. The molecule has 0 bridgehead atoms. The van der Waals surface area contributed by atoms with Crippen LogP contribution in [0.5, 0.6) is 0 Å². The Hall–Kier alpha value is -2.43. The minimum Gasteiger partial charge on any atom is -0.325 e. The molecule has 1 aliphatic heterocycles. The molecule has 21 heavy (non-hydrogen) atoms. The van der Waals surface area contributed by atoms with Gasteiger partial charge in [0.15, 0.2) is 0 Å². The highest BCUT2D eigenvalue weighted by Gasteiger charge is 2.28. The van der Waals surface area contributed by atoms with Crippen LogP contribution < -0.4 is 4.90 Å². The van der Waals surface area contributed by atoms with Crippen LogP contribution in [0.1, 0.15) is 23.2 Å². The molecular formula is C16H15N5. The molecule has 0 fully saturated rings. The van der Waals surface area contributed by atoms with E-state index < -0.39 is 0 Å². The number of fused-ring (bicyclic) bond motifs is 3. The molecule has 0 radical (unpaired) electrons. The minimum atomic E-state index is 0.718. The van der Waals surface area contributed by atoms with Crippen molar-refractivity contribution in [2.75, 3.05) is 11.4 Å². The lowest BCUT2D eigenvalue weighted by Gasteiger charge is -2.22. The van der Waals surface area contributed by atoms with Gasteiger partial charge < -0.3 is 4.90 Å².